The van der Waals surface area contributed by atoms with Crippen molar-refractivity contribution in [1.82, 2.24) is 4.90 Å². The number of amides is 3. The number of nitrogens with zero attached hydrogens (tertiary/aromatic N) is 2. The Morgan fingerprint density at radius 2 is 1.65 bits per heavy atom. The quantitative estimate of drug-likeness (QED) is 0.111. The van der Waals surface area contributed by atoms with Gasteiger partial charge in [-0.2, -0.15) is 21.6 Å². The van der Waals surface area contributed by atoms with Crippen LogP contribution >= 0.6 is 11.3 Å². The van der Waals surface area contributed by atoms with Gasteiger partial charge in [0.25, 0.3) is 0 Å². The lowest BCUT2D eigenvalue weighted by Crippen LogP contribution is -2.62. The zero-order valence-corrected chi connectivity index (χ0v) is 30.7. The third kappa shape index (κ3) is 11.6. The van der Waals surface area contributed by atoms with Crippen molar-refractivity contribution in [3.63, 3.8) is 0 Å². The van der Waals surface area contributed by atoms with Crippen LogP contribution < -0.4 is 20.3 Å². The van der Waals surface area contributed by atoms with Crippen LogP contribution in [-0.2, 0) is 32.7 Å². The Morgan fingerprint density at radius 3 is 2.19 bits per heavy atom. The van der Waals surface area contributed by atoms with E-state index in [1.165, 1.54) is 59.5 Å². The monoisotopic (exact) mass is 794 g/mol. The lowest BCUT2D eigenvalue weighted by molar-refractivity contribution is -0.928. The minimum absolute atomic E-state index is 0.0749. The molecule has 3 atom stereocenters. The van der Waals surface area contributed by atoms with Gasteiger partial charge in [0.1, 0.15) is 35.9 Å². The summed E-state index contributed by atoms with van der Waals surface area (Å²) in [6.07, 6.45) is -3.65. The standard InChI is InChI=1S/C34H37FN4O6S2.C2HF3O2/c1-23-18-32(46-22-23)47(43,44)45-30-15-11-27(12-16-30)37-34(42)38(31(33(36)41)19-24-7-13-29(40)14-8-24)28-4-3-17-39(2,21-28)20-25-5-9-26(35)10-6-25;3-2(4,5)1(6)7/h5-16,18,22,28,31H,3-4,17,19-21H2,1-2H3,(H3-,36,37,40,41,42);(H,6,7)/t28-,31-,39?;/m0./s1. The summed E-state index contributed by atoms with van der Waals surface area (Å²) in [5.41, 5.74) is 8.81. The Labute approximate surface area is 313 Å². The third-order valence-electron chi connectivity index (χ3n) is 8.52. The Morgan fingerprint density at radius 1 is 1.06 bits per heavy atom. The van der Waals surface area contributed by atoms with Crippen molar-refractivity contribution in [3.8, 4) is 11.5 Å². The highest BCUT2D eigenvalue weighted by atomic mass is 32.3. The Kier molecular flexibility index (Phi) is 13.3. The lowest BCUT2D eigenvalue weighted by Gasteiger charge is -2.46. The summed E-state index contributed by atoms with van der Waals surface area (Å²) in [5, 5.41) is 23.1. The number of carboxylic acids is 1. The molecule has 3 aromatic carbocycles. The molecule has 0 saturated carbocycles. The Hall–Kier alpha value is -5.20. The fraction of sp³-hybridized carbons (Fsp3) is 0.306. The molecule has 1 unspecified atom stereocenters. The molecule has 0 bridgehead atoms. The van der Waals surface area contributed by atoms with E-state index in [0.29, 0.717) is 35.2 Å². The number of hydrogen-bond donors (Lipinski definition) is 3. The topological polar surface area (TPSA) is 179 Å². The number of carboxylic acid groups (broad SMARTS) is 1. The number of aryl methyl sites for hydroxylation is 1. The number of anilines is 1. The second kappa shape index (κ2) is 17.3. The van der Waals surface area contributed by atoms with Gasteiger partial charge in [-0.25, -0.2) is 9.18 Å². The molecule has 54 heavy (non-hydrogen) atoms. The summed E-state index contributed by atoms with van der Waals surface area (Å²) in [6, 6.07) is 18.3. The average molecular weight is 795 g/mol. The second-order valence-corrected chi connectivity index (χ2v) is 15.7. The van der Waals surface area contributed by atoms with Crippen molar-refractivity contribution in [2.24, 2.45) is 5.73 Å². The summed E-state index contributed by atoms with van der Waals surface area (Å²) in [6.45, 7) is 3.76. The number of thiophene rings is 1. The van der Waals surface area contributed by atoms with Crippen LogP contribution in [0.2, 0.25) is 0 Å². The van der Waals surface area contributed by atoms with Gasteiger partial charge < -0.3 is 39.6 Å². The number of carbonyl (C=O) groups excluding carboxylic acids is 3. The predicted molar refractivity (Wildman–Crippen MR) is 189 cm³/mol. The maximum Gasteiger partial charge on any atom is 0.430 e. The molecule has 290 valence electrons. The molecular weight excluding hydrogens is 757 g/mol. The van der Waals surface area contributed by atoms with E-state index in [9.17, 15) is 40.7 Å². The van der Waals surface area contributed by atoms with E-state index in [-0.39, 0.29) is 34.0 Å². The van der Waals surface area contributed by atoms with Crippen molar-refractivity contribution in [2.45, 2.75) is 55.2 Å². The minimum atomic E-state index is -5.19. The normalized spacial score (nSPS) is 17.7. The maximum atomic E-state index is 14.1. The number of likely N-dealkylation sites (N-methyl/N-ethyl adjacent to an activating group) is 1. The molecule has 5 rings (SSSR count). The molecule has 1 aromatic heterocycles. The van der Waals surface area contributed by atoms with Gasteiger partial charge in [0.15, 0.2) is 4.21 Å². The first kappa shape index (κ1) is 41.6. The molecule has 4 aromatic rings. The molecule has 0 aliphatic carbocycles. The number of aliphatic carboxylic acids is 1. The Balaban J connectivity index is 0.000000845. The van der Waals surface area contributed by atoms with Crippen LogP contribution in [0.5, 0.6) is 11.5 Å². The van der Waals surface area contributed by atoms with Gasteiger partial charge in [0, 0.05) is 17.7 Å². The number of piperidine rings is 1. The van der Waals surface area contributed by atoms with E-state index in [2.05, 4.69) is 12.4 Å². The fourth-order valence-corrected chi connectivity index (χ4v) is 8.16. The number of nitrogens with two attached hydrogens (primary N) is 1. The smallest absolute Gasteiger partial charge is 0.430 e. The van der Waals surface area contributed by atoms with Crippen molar-refractivity contribution in [3.05, 3.63) is 107 Å². The zero-order chi connectivity index (χ0) is 39.8. The third-order valence-corrected chi connectivity index (χ3v) is 11.3. The van der Waals surface area contributed by atoms with Crippen molar-refractivity contribution < 1.29 is 59.2 Å². The molecule has 1 fully saturated rings. The van der Waals surface area contributed by atoms with E-state index in [0.717, 1.165) is 35.4 Å². The van der Waals surface area contributed by atoms with Crippen LogP contribution in [0.25, 0.3) is 0 Å². The molecule has 0 radical (unpaired) electrons. The molecule has 18 heteroatoms. The van der Waals surface area contributed by atoms with Gasteiger partial charge in [0.05, 0.1) is 26.2 Å². The predicted octanol–water partition coefficient (Wildman–Crippen LogP) is 4.71. The molecular formula is C36H38F4N4O8S2. The van der Waals surface area contributed by atoms with Crippen molar-refractivity contribution >= 4 is 45.0 Å². The van der Waals surface area contributed by atoms with Crippen LogP contribution in [-0.4, -0.2) is 79.2 Å². The molecule has 0 spiro atoms. The van der Waals surface area contributed by atoms with E-state index >= 15 is 0 Å². The number of aromatic hydroxyl groups is 1. The van der Waals surface area contributed by atoms with Gasteiger partial charge in [-0.3, -0.25) is 4.79 Å². The summed E-state index contributed by atoms with van der Waals surface area (Å²) in [5.74, 6) is -3.84. The van der Waals surface area contributed by atoms with E-state index in [1.807, 2.05) is 0 Å². The van der Waals surface area contributed by atoms with Crippen LogP contribution in [0.15, 0.2) is 88.5 Å². The number of phenolic OH excluding ortho intramolecular Hbond substituents is 1. The number of rotatable bonds is 11. The van der Waals surface area contributed by atoms with Crippen LogP contribution in [0, 0.1) is 12.7 Å². The minimum Gasteiger partial charge on any atom is -0.542 e. The van der Waals surface area contributed by atoms with Gasteiger partial charge in [-0.1, -0.05) is 24.3 Å². The summed E-state index contributed by atoms with van der Waals surface area (Å²) in [4.78, 5) is 37.4. The Bertz CT molecular complexity index is 2030. The second-order valence-electron chi connectivity index (χ2n) is 13.0. The number of nitrogens with one attached hydrogen (secondary N) is 1. The first-order valence-electron chi connectivity index (χ1n) is 16.4. The number of alkyl halides is 3. The molecule has 4 N–H and O–H groups in total. The number of likely N-dealkylation sites (tertiary alicyclic amines) is 1. The highest BCUT2D eigenvalue weighted by molar-refractivity contribution is 7.89. The summed E-state index contributed by atoms with van der Waals surface area (Å²) in [7, 11) is -1.93. The highest BCUT2D eigenvalue weighted by Gasteiger charge is 2.41. The van der Waals surface area contributed by atoms with Gasteiger partial charge >= 0.3 is 22.3 Å². The highest BCUT2D eigenvalue weighted by Crippen LogP contribution is 2.29. The van der Waals surface area contributed by atoms with E-state index < -0.39 is 40.2 Å². The van der Waals surface area contributed by atoms with Crippen LogP contribution in [0.4, 0.5) is 28.0 Å². The maximum absolute atomic E-state index is 14.1. The van der Waals surface area contributed by atoms with Gasteiger partial charge in [-0.05, 0) is 90.9 Å². The van der Waals surface area contributed by atoms with Crippen molar-refractivity contribution in [2.75, 3.05) is 25.5 Å². The summed E-state index contributed by atoms with van der Waals surface area (Å²) >= 11 is 1.07. The molecule has 2 heterocycles. The number of urea groups is 1. The molecule has 3 amide bonds. The first-order chi connectivity index (χ1) is 25.2. The van der Waals surface area contributed by atoms with E-state index in [4.69, 9.17) is 19.8 Å². The number of halogens is 4. The summed E-state index contributed by atoms with van der Waals surface area (Å²) < 4.78 is 76.4. The average Bonchev–Trinajstić information content (AvgIpc) is 3.54. The van der Waals surface area contributed by atoms with Gasteiger partial charge in [0.2, 0.25) is 5.91 Å². The van der Waals surface area contributed by atoms with Crippen LogP contribution in [0.1, 0.15) is 29.5 Å². The van der Waals surface area contributed by atoms with Crippen molar-refractivity contribution in [1.29, 1.82) is 0 Å². The lowest BCUT2D eigenvalue weighted by atomic mass is 9.96. The number of carbonyl (C=O) groups is 3. The number of hydrogen-bond acceptors (Lipinski definition) is 9. The number of primary amides is 1. The number of quaternary nitrogens is 1. The molecule has 1 saturated heterocycles. The van der Waals surface area contributed by atoms with E-state index in [1.54, 1.807) is 36.6 Å². The van der Waals surface area contributed by atoms with Crippen LogP contribution in [0.3, 0.4) is 0 Å². The number of phenols is 1. The largest absolute Gasteiger partial charge is 0.542 e. The fourth-order valence-electron chi connectivity index (χ4n) is 6.04. The van der Waals surface area contributed by atoms with Gasteiger partial charge in [-0.15, -0.1) is 11.3 Å². The molecule has 12 nitrogen and oxygen atoms in total. The molecule has 1 aliphatic heterocycles. The zero-order valence-electron chi connectivity index (χ0n) is 29.1. The molecule has 1 aliphatic rings. The first-order valence-corrected chi connectivity index (χ1v) is 18.7. The number of benzene rings is 3. The SMILES string of the molecule is Cc1csc(S(=O)(=O)Oc2ccc(NC(=O)N([C@H]3CCC[N+](C)(Cc4ccc(F)cc4)C3)[C@@H](Cc3ccc(O)cc3)C(N)=O)cc2)c1.O=C([O-])C(F)(F)F.